The van der Waals surface area contributed by atoms with Crippen molar-refractivity contribution in [3.63, 3.8) is 0 Å². The highest BCUT2D eigenvalue weighted by Crippen LogP contribution is 2.46. The molecule has 8 heteroatoms. The van der Waals surface area contributed by atoms with Crippen molar-refractivity contribution in [2.45, 2.75) is 36.0 Å². The maximum absolute atomic E-state index is 14.1. The number of H-pyrrole nitrogens is 1. The van der Waals surface area contributed by atoms with E-state index in [0.717, 1.165) is 4.90 Å². The maximum atomic E-state index is 14.1. The molecule has 2 aromatic rings. The molecule has 0 aliphatic heterocycles. The van der Waals surface area contributed by atoms with Crippen molar-refractivity contribution in [1.82, 2.24) is 10.3 Å². The number of halogens is 2. The standard InChI is InChI=1S/C21H21F2N3O2S/c1-29-14-4-2-13(3-5-14)18-16(7-10-25-20(18)28)15-6-8-21(22,23)12-17(15)19(27)26-11-9-24/h2-5,7,10,15,17H,6,8,11-12H2,1H3,(H,25,28)(H,26,27). The summed E-state index contributed by atoms with van der Waals surface area (Å²) >= 11 is 1.57. The quantitative estimate of drug-likeness (QED) is 0.570. The molecule has 2 unspecified atom stereocenters. The fourth-order valence-electron chi connectivity index (χ4n) is 3.90. The van der Waals surface area contributed by atoms with Crippen molar-refractivity contribution in [2.24, 2.45) is 5.92 Å². The van der Waals surface area contributed by atoms with Gasteiger partial charge in [-0.25, -0.2) is 8.78 Å². The number of hydrogen-bond acceptors (Lipinski definition) is 4. The van der Waals surface area contributed by atoms with Gasteiger partial charge in [0.25, 0.3) is 5.56 Å². The van der Waals surface area contributed by atoms with Gasteiger partial charge in [0.15, 0.2) is 0 Å². The Bertz CT molecular complexity index is 983. The van der Waals surface area contributed by atoms with Gasteiger partial charge in [0.05, 0.1) is 17.6 Å². The van der Waals surface area contributed by atoms with Crippen LogP contribution in [0, 0.1) is 17.2 Å². The van der Waals surface area contributed by atoms with Gasteiger partial charge in [-0.15, -0.1) is 11.8 Å². The van der Waals surface area contributed by atoms with Crippen LogP contribution in [0.4, 0.5) is 8.78 Å². The predicted molar refractivity (Wildman–Crippen MR) is 108 cm³/mol. The second-order valence-corrected chi connectivity index (χ2v) is 7.93. The number of nitrogens with one attached hydrogen (secondary N) is 2. The van der Waals surface area contributed by atoms with Crippen LogP contribution in [0.5, 0.6) is 0 Å². The van der Waals surface area contributed by atoms with E-state index in [0.29, 0.717) is 16.7 Å². The Hall–Kier alpha value is -2.66. The van der Waals surface area contributed by atoms with Gasteiger partial charge in [-0.3, -0.25) is 9.59 Å². The van der Waals surface area contributed by atoms with Crippen molar-refractivity contribution < 1.29 is 13.6 Å². The lowest BCUT2D eigenvalue weighted by Gasteiger charge is -2.36. The molecule has 0 saturated heterocycles. The average Bonchev–Trinajstić information content (AvgIpc) is 2.71. The number of hydrogen-bond donors (Lipinski definition) is 2. The molecule has 0 radical (unpaired) electrons. The summed E-state index contributed by atoms with van der Waals surface area (Å²) in [7, 11) is 0. The molecule has 0 spiro atoms. The first-order valence-electron chi connectivity index (χ1n) is 9.25. The summed E-state index contributed by atoms with van der Waals surface area (Å²) in [5.74, 6) is -5.09. The number of amides is 1. The molecule has 1 aliphatic rings. The summed E-state index contributed by atoms with van der Waals surface area (Å²) in [6.45, 7) is -0.244. The van der Waals surface area contributed by atoms with Crippen LogP contribution in [0.1, 0.15) is 30.7 Å². The van der Waals surface area contributed by atoms with Crippen molar-refractivity contribution in [3.05, 3.63) is 52.4 Å². The zero-order valence-corrected chi connectivity index (χ0v) is 16.7. The Morgan fingerprint density at radius 2 is 2.07 bits per heavy atom. The van der Waals surface area contributed by atoms with Crippen LogP contribution in [0.25, 0.3) is 11.1 Å². The molecule has 2 N–H and O–H groups in total. The zero-order valence-electron chi connectivity index (χ0n) is 15.9. The molecule has 2 atom stereocenters. The highest BCUT2D eigenvalue weighted by atomic mass is 32.2. The molecule has 1 aromatic carbocycles. The molecule has 1 fully saturated rings. The van der Waals surface area contributed by atoms with Gasteiger partial charge in [-0.2, -0.15) is 5.26 Å². The topological polar surface area (TPSA) is 85.8 Å². The Morgan fingerprint density at radius 1 is 1.34 bits per heavy atom. The van der Waals surface area contributed by atoms with Crippen molar-refractivity contribution in [2.75, 3.05) is 12.8 Å². The largest absolute Gasteiger partial charge is 0.343 e. The second kappa shape index (κ2) is 8.78. The van der Waals surface area contributed by atoms with Crippen LogP contribution in [0.3, 0.4) is 0 Å². The summed E-state index contributed by atoms with van der Waals surface area (Å²) in [4.78, 5) is 28.9. The van der Waals surface area contributed by atoms with Crippen molar-refractivity contribution in [1.29, 1.82) is 5.26 Å². The lowest BCUT2D eigenvalue weighted by molar-refractivity contribution is -0.133. The first-order chi connectivity index (χ1) is 13.9. The minimum Gasteiger partial charge on any atom is -0.343 e. The third-order valence-corrected chi connectivity index (χ3v) is 6.02. The third kappa shape index (κ3) is 4.67. The maximum Gasteiger partial charge on any atom is 0.256 e. The van der Waals surface area contributed by atoms with Gasteiger partial charge >= 0.3 is 0 Å². The molecule has 1 aromatic heterocycles. The minimum absolute atomic E-state index is 0.0803. The Balaban J connectivity index is 2.05. The van der Waals surface area contributed by atoms with E-state index in [2.05, 4.69) is 10.3 Å². The van der Waals surface area contributed by atoms with E-state index in [1.165, 1.54) is 6.20 Å². The smallest absolute Gasteiger partial charge is 0.256 e. The van der Waals surface area contributed by atoms with E-state index in [-0.39, 0.29) is 24.9 Å². The Morgan fingerprint density at radius 3 is 2.72 bits per heavy atom. The van der Waals surface area contributed by atoms with Gasteiger partial charge in [-0.1, -0.05) is 12.1 Å². The van der Waals surface area contributed by atoms with Gasteiger partial charge in [0.1, 0.15) is 6.54 Å². The van der Waals surface area contributed by atoms with Gasteiger partial charge < -0.3 is 10.3 Å². The van der Waals surface area contributed by atoms with E-state index in [1.807, 2.05) is 30.5 Å². The molecule has 1 saturated carbocycles. The number of aromatic nitrogens is 1. The molecule has 29 heavy (non-hydrogen) atoms. The van der Waals surface area contributed by atoms with Gasteiger partial charge in [0.2, 0.25) is 11.8 Å². The molecule has 0 bridgehead atoms. The first-order valence-corrected chi connectivity index (χ1v) is 10.5. The van der Waals surface area contributed by atoms with E-state index < -0.39 is 30.1 Å². The van der Waals surface area contributed by atoms with Crippen LogP contribution in [0.2, 0.25) is 0 Å². The summed E-state index contributed by atoms with van der Waals surface area (Å²) in [5, 5.41) is 11.1. The van der Waals surface area contributed by atoms with Crippen LogP contribution >= 0.6 is 11.8 Å². The Labute approximate surface area is 171 Å². The number of nitriles is 1. The van der Waals surface area contributed by atoms with Crippen molar-refractivity contribution in [3.8, 4) is 17.2 Å². The number of alkyl halides is 2. The SMILES string of the molecule is CSc1ccc(-c2c(C3CCC(F)(F)CC3C(=O)NCC#N)cc[nH]c2=O)cc1. The van der Waals surface area contributed by atoms with E-state index in [9.17, 15) is 18.4 Å². The second-order valence-electron chi connectivity index (χ2n) is 7.05. The summed E-state index contributed by atoms with van der Waals surface area (Å²) < 4.78 is 28.2. The molecule has 1 aliphatic carbocycles. The van der Waals surface area contributed by atoms with Crippen molar-refractivity contribution >= 4 is 17.7 Å². The molecular weight excluding hydrogens is 396 g/mol. The van der Waals surface area contributed by atoms with Crippen LogP contribution < -0.4 is 10.9 Å². The number of aromatic amines is 1. The fraction of sp³-hybridized carbons (Fsp3) is 0.381. The van der Waals surface area contributed by atoms with Crippen LogP contribution in [-0.4, -0.2) is 29.6 Å². The molecule has 5 nitrogen and oxygen atoms in total. The number of carbonyl (C=O) groups excluding carboxylic acids is 1. The predicted octanol–water partition coefficient (Wildman–Crippen LogP) is 3.92. The summed E-state index contributed by atoms with van der Waals surface area (Å²) in [6, 6.07) is 10.9. The number of benzene rings is 1. The van der Waals surface area contributed by atoms with Crippen LogP contribution in [-0.2, 0) is 4.79 Å². The minimum atomic E-state index is -2.95. The lowest BCUT2D eigenvalue weighted by atomic mass is 9.72. The monoisotopic (exact) mass is 417 g/mol. The number of carbonyl (C=O) groups is 1. The summed E-state index contributed by atoms with van der Waals surface area (Å²) in [6.07, 6.45) is 2.55. The van der Waals surface area contributed by atoms with E-state index in [4.69, 9.17) is 5.26 Å². The van der Waals surface area contributed by atoms with Gasteiger partial charge in [-0.05, 0) is 47.9 Å². The lowest BCUT2D eigenvalue weighted by Crippen LogP contribution is -2.42. The summed E-state index contributed by atoms with van der Waals surface area (Å²) in [5.41, 5.74) is 1.33. The third-order valence-electron chi connectivity index (χ3n) is 5.28. The van der Waals surface area contributed by atoms with E-state index >= 15 is 0 Å². The number of nitrogens with zero attached hydrogens (tertiary/aromatic N) is 1. The molecule has 1 amide bonds. The highest BCUT2D eigenvalue weighted by Gasteiger charge is 2.45. The first kappa shape index (κ1) is 21.1. The van der Waals surface area contributed by atoms with Gasteiger partial charge in [0, 0.05) is 23.9 Å². The van der Waals surface area contributed by atoms with Crippen LogP contribution in [0.15, 0.2) is 46.2 Å². The number of rotatable bonds is 5. The molecular formula is C21H21F2N3O2S. The zero-order chi connectivity index (χ0) is 21.0. The Kier molecular flexibility index (Phi) is 6.38. The molecule has 1 heterocycles. The highest BCUT2D eigenvalue weighted by molar-refractivity contribution is 7.98. The number of pyridine rings is 1. The fourth-order valence-corrected chi connectivity index (χ4v) is 4.31. The van der Waals surface area contributed by atoms with E-state index in [1.54, 1.807) is 23.9 Å². The average molecular weight is 417 g/mol. The number of thioether (sulfide) groups is 1. The normalized spacial score (nSPS) is 20.6. The molecule has 152 valence electrons. The molecule has 3 rings (SSSR count).